The van der Waals surface area contributed by atoms with Crippen molar-refractivity contribution in [1.82, 2.24) is 9.80 Å². The Morgan fingerprint density at radius 3 is 2.33 bits per heavy atom. The van der Waals surface area contributed by atoms with Gasteiger partial charge >= 0.3 is 0 Å². The number of hydrogen-bond donors (Lipinski definition) is 2. The Morgan fingerprint density at radius 2 is 1.67 bits per heavy atom. The third kappa shape index (κ3) is 6.05. The fourth-order valence-corrected chi connectivity index (χ4v) is 4.01. The number of aliphatic hydroxyl groups is 1. The summed E-state index contributed by atoms with van der Waals surface area (Å²) in [6.45, 7) is 8.38. The molecule has 1 atom stereocenters. The molecule has 2 aromatic carbocycles. The molecule has 2 aromatic rings. The molecule has 2 N–H and O–H groups in total. The third-order valence-electron chi connectivity index (χ3n) is 5.69. The van der Waals surface area contributed by atoms with E-state index in [-0.39, 0.29) is 5.91 Å². The van der Waals surface area contributed by atoms with Gasteiger partial charge in [0, 0.05) is 44.8 Å². The molecule has 1 aliphatic rings. The van der Waals surface area contributed by atoms with Crippen molar-refractivity contribution in [3.8, 4) is 5.75 Å². The summed E-state index contributed by atoms with van der Waals surface area (Å²) in [5.41, 5.74) is 4.10. The van der Waals surface area contributed by atoms with Gasteiger partial charge in [-0.1, -0.05) is 36.4 Å². The van der Waals surface area contributed by atoms with E-state index in [4.69, 9.17) is 4.74 Å². The van der Waals surface area contributed by atoms with Gasteiger partial charge in [0.1, 0.15) is 5.75 Å². The SMILES string of the molecule is COc1ccccc1CC(O)CN1CCN(CC(=O)Nc2c(C)cccc2C)CC1. The van der Waals surface area contributed by atoms with Crippen molar-refractivity contribution in [2.24, 2.45) is 0 Å². The largest absolute Gasteiger partial charge is 0.496 e. The lowest BCUT2D eigenvalue weighted by Crippen LogP contribution is -2.50. The second-order valence-corrected chi connectivity index (χ2v) is 8.06. The molecule has 1 heterocycles. The molecule has 1 saturated heterocycles. The minimum absolute atomic E-state index is 0.0251. The average molecular weight is 412 g/mol. The summed E-state index contributed by atoms with van der Waals surface area (Å²) in [6.07, 6.45) is 0.128. The number of carbonyl (C=O) groups excluding carboxylic acids is 1. The number of piperazine rings is 1. The normalized spacial score (nSPS) is 16.3. The van der Waals surface area contributed by atoms with E-state index < -0.39 is 6.10 Å². The molecule has 0 bridgehead atoms. The lowest BCUT2D eigenvalue weighted by atomic mass is 10.1. The molecule has 3 rings (SSSR count). The highest BCUT2D eigenvalue weighted by atomic mass is 16.5. The van der Waals surface area contributed by atoms with Gasteiger partial charge in [-0.25, -0.2) is 0 Å². The predicted octanol–water partition coefficient (Wildman–Crippen LogP) is 2.47. The van der Waals surface area contributed by atoms with Crippen molar-refractivity contribution in [1.29, 1.82) is 0 Å². The highest BCUT2D eigenvalue weighted by Gasteiger charge is 2.21. The molecule has 0 aliphatic carbocycles. The first-order valence-electron chi connectivity index (χ1n) is 10.6. The molecular formula is C24H33N3O3. The zero-order chi connectivity index (χ0) is 21.5. The van der Waals surface area contributed by atoms with Crippen molar-refractivity contribution >= 4 is 11.6 Å². The van der Waals surface area contributed by atoms with E-state index >= 15 is 0 Å². The Balaban J connectivity index is 1.43. The fourth-order valence-electron chi connectivity index (χ4n) is 4.01. The molecule has 0 aromatic heterocycles. The Hall–Kier alpha value is -2.41. The van der Waals surface area contributed by atoms with Gasteiger partial charge in [-0.05, 0) is 36.6 Å². The number of aryl methyl sites for hydroxylation is 2. The number of methoxy groups -OCH3 is 1. The molecule has 6 nitrogen and oxygen atoms in total. The van der Waals surface area contributed by atoms with Crippen LogP contribution < -0.4 is 10.1 Å². The zero-order valence-corrected chi connectivity index (χ0v) is 18.2. The van der Waals surface area contributed by atoms with E-state index in [9.17, 15) is 9.90 Å². The predicted molar refractivity (Wildman–Crippen MR) is 120 cm³/mol. The van der Waals surface area contributed by atoms with Gasteiger partial charge in [0.2, 0.25) is 5.91 Å². The van der Waals surface area contributed by atoms with Crippen molar-refractivity contribution in [3.05, 3.63) is 59.2 Å². The maximum Gasteiger partial charge on any atom is 0.238 e. The lowest BCUT2D eigenvalue weighted by molar-refractivity contribution is -0.117. The lowest BCUT2D eigenvalue weighted by Gasteiger charge is -2.35. The highest BCUT2D eigenvalue weighted by Crippen LogP contribution is 2.20. The Kier molecular flexibility index (Phi) is 7.85. The molecule has 1 unspecified atom stereocenters. The summed E-state index contributed by atoms with van der Waals surface area (Å²) in [5, 5.41) is 13.6. The second kappa shape index (κ2) is 10.6. The molecule has 1 amide bonds. The number of aliphatic hydroxyl groups excluding tert-OH is 1. The number of β-amino-alcohol motifs (C(OH)–C–C–N with tert-alkyl or cyclic N) is 1. The van der Waals surface area contributed by atoms with Crippen molar-refractivity contribution in [2.75, 3.05) is 51.7 Å². The number of amides is 1. The van der Waals surface area contributed by atoms with Crippen LogP contribution in [0, 0.1) is 13.8 Å². The monoisotopic (exact) mass is 411 g/mol. The zero-order valence-electron chi connectivity index (χ0n) is 18.2. The number of benzene rings is 2. The number of nitrogens with zero attached hydrogens (tertiary/aromatic N) is 2. The third-order valence-corrected chi connectivity index (χ3v) is 5.69. The van der Waals surface area contributed by atoms with Gasteiger partial charge in [-0.15, -0.1) is 0 Å². The number of para-hydroxylation sites is 2. The average Bonchev–Trinajstić information content (AvgIpc) is 2.72. The minimum Gasteiger partial charge on any atom is -0.496 e. The van der Waals surface area contributed by atoms with Crippen LogP contribution in [0.2, 0.25) is 0 Å². The number of hydrogen-bond acceptors (Lipinski definition) is 5. The maximum absolute atomic E-state index is 12.5. The first-order valence-corrected chi connectivity index (χ1v) is 10.6. The molecule has 30 heavy (non-hydrogen) atoms. The van der Waals surface area contributed by atoms with Gasteiger partial charge in [0.15, 0.2) is 0 Å². The smallest absolute Gasteiger partial charge is 0.238 e. The summed E-state index contributed by atoms with van der Waals surface area (Å²) >= 11 is 0. The van der Waals surface area contributed by atoms with E-state index in [1.807, 2.05) is 56.3 Å². The van der Waals surface area contributed by atoms with Crippen LogP contribution in [0.25, 0.3) is 0 Å². The van der Waals surface area contributed by atoms with Crippen LogP contribution in [0.4, 0.5) is 5.69 Å². The number of anilines is 1. The highest BCUT2D eigenvalue weighted by molar-refractivity contribution is 5.93. The summed E-state index contributed by atoms with van der Waals surface area (Å²) in [7, 11) is 1.65. The maximum atomic E-state index is 12.5. The number of rotatable bonds is 8. The topological polar surface area (TPSA) is 65.0 Å². The Labute approximate surface area is 179 Å². The van der Waals surface area contributed by atoms with Crippen LogP contribution in [0.3, 0.4) is 0 Å². The van der Waals surface area contributed by atoms with Gasteiger partial charge in [-0.3, -0.25) is 14.6 Å². The van der Waals surface area contributed by atoms with Gasteiger partial charge in [0.05, 0.1) is 19.8 Å². The molecule has 6 heteroatoms. The van der Waals surface area contributed by atoms with Gasteiger partial charge in [-0.2, -0.15) is 0 Å². The molecule has 0 saturated carbocycles. The van der Waals surface area contributed by atoms with Crippen LogP contribution in [0.1, 0.15) is 16.7 Å². The number of ether oxygens (including phenoxy) is 1. The van der Waals surface area contributed by atoms with Crippen LogP contribution in [-0.2, 0) is 11.2 Å². The van der Waals surface area contributed by atoms with Gasteiger partial charge < -0.3 is 15.2 Å². The number of nitrogens with one attached hydrogen (secondary N) is 1. The fraction of sp³-hybridized carbons (Fsp3) is 0.458. The van der Waals surface area contributed by atoms with Crippen LogP contribution >= 0.6 is 0 Å². The first-order chi connectivity index (χ1) is 14.5. The summed E-state index contributed by atoms with van der Waals surface area (Å²) in [6, 6.07) is 13.8. The molecule has 1 aliphatic heterocycles. The molecule has 0 radical (unpaired) electrons. The van der Waals surface area contributed by atoms with Crippen molar-refractivity contribution in [2.45, 2.75) is 26.4 Å². The van der Waals surface area contributed by atoms with E-state index in [1.54, 1.807) is 7.11 Å². The van der Waals surface area contributed by atoms with Crippen LogP contribution in [0.15, 0.2) is 42.5 Å². The molecule has 1 fully saturated rings. The van der Waals surface area contributed by atoms with E-state index in [0.717, 1.165) is 54.3 Å². The van der Waals surface area contributed by atoms with E-state index in [0.29, 0.717) is 19.5 Å². The van der Waals surface area contributed by atoms with Crippen molar-refractivity contribution < 1.29 is 14.6 Å². The van der Waals surface area contributed by atoms with Crippen molar-refractivity contribution in [3.63, 3.8) is 0 Å². The van der Waals surface area contributed by atoms with E-state index in [2.05, 4.69) is 15.1 Å². The Morgan fingerprint density at radius 1 is 1.03 bits per heavy atom. The van der Waals surface area contributed by atoms with E-state index in [1.165, 1.54) is 0 Å². The first kappa shape index (κ1) is 22.3. The quantitative estimate of drug-likeness (QED) is 0.699. The summed E-state index contributed by atoms with van der Waals surface area (Å²) in [4.78, 5) is 16.9. The second-order valence-electron chi connectivity index (χ2n) is 8.06. The molecule has 0 spiro atoms. The summed E-state index contributed by atoms with van der Waals surface area (Å²) in [5.74, 6) is 0.841. The minimum atomic E-state index is -0.444. The molecular weight excluding hydrogens is 378 g/mol. The molecule has 162 valence electrons. The Bertz CT molecular complexity index is 827. The van der Waals surface area contributed by atoms with Crippen LogP contribution in [-0.4, -0.2) is 73.3 Å². The number of carbonyl (C=O) groups is 1. The van der Waals surface area contributed by atoms with Gasteiger partial charge in [0.25, 0.3) is 0 Å². The van der Waals surface area contributed by atoms with Crippen LogP contribution in [0.5, 0.6) is 5.75 Å². The summed E-state index contributed by atoms with van der Waals surface area (Å²) < 4.78 is 5.38. The standard InChI is InChI=1S/C24H33N3O3/c1-18-7-6-8-19(2)24(18)25-23(29)17-27-13-11-26(12-14-27)16-21(28)15-20-9-4-5-10-22(20)30-3/h4-10,21,28H,11-17H2,1-3H3,(H,25,29).